The van der Waals surface area contributed by atoms with Crippen LogP contribution in [0.25, 0.3) is 0 Å². The summed E-state index contributed by atoms with van der Waals surface area (Å²) < 4.78 is 5.70. The van der Waals surface area contributed by atoms with Crippen molar-refractivity contribution >= 4 is 11.6 Å². The lowest BCUT2D eigenvalue weighted by Crippen LogP contribution is -2.32. The Labute approximate surface area is 112 Å². The number of hydrogen-bond acceptors (Lipinski definition) is 3. The minimum atomic E-state index is -0.424. The third-order valence-corrected chi connectivity index (χ3v) is 2.62. The van der Waals surface area contributed by atoms with Crippen LogP contribution in [0.15, 0.2) is 54.6 Å². The zero-order valence-corrected chi connectivity index (χ0v) is 10.7. The van der Waals surface area contributed by atoms with E-state index in [0.717, 1.165) is 11.4 Å². The fourth-order valence-corrected chi connectivity index (χ4v) is 1.60. The van der Waals surface area contributed by atoms with Gasteiger partial charge >= 0.3 is 0 Å². The van der Waals surface area contributed by atoms with E-state index in [2.05, 4.69) is 5.32 Å². The van der Waals surface area contributed by atoms with Crippen molar-refractivity contribution in [3.63, 3.8) is 0 Å². The van der Waals surface area contributed by atoms with Gasteiger partial charge in [0.05, 0.1) is 0 Å². The van der Waals surface area contributed by atoms with Crippen LogP contribution in [0.3, 0.4) is 0 Å². The minimum Gasteiger partial charge on any atom is -0.457 e. The SMILES string of the molecule is CC(Nc1cccc(Oc2ccccc2)c1)C(N)=O. The summed E-state index contributed by atoms with van der Waals surface area (Å²) >= 11 is 0. The van der Waals surface area contributed by atoms with Gasteiger partial charge in [0.1, 0.15) is 17.5 Å². The molecule has 98 valence electrons. The quantitative estimate of drug-likeness (QED) is 0.864. The van der Waals surface area contributed by atoms with E-state index in [1.54, 1.807) is 6.92 Å². The van der Waals surface area contributed by atoms with E-state index in [9.17, 15) is 4.79 Å². The highest BCUT2D eigenvalue weighted by atomic mass is 16.5. The number of primary amides is 1. The summed E-state index contributed by atoms with van der Waals surface area (Å²) in [5, 5.41) is 3.01. The predicted molar refractivity (Wildman–Crippen MR) is 75.2 cm³/mol. The fourth-order valence-electron chi connectivity index (χ4n) is 1.60. The van der Waals surface area contributed by atoms with E-state index in [-0.39, 0.29) is 0 Å². The lowest BCUT2D eigenvalue weighted by Gasteiger charge is -2.13. The third kappa shape index (κ3) is 3.74. The number of amides is 1. The van der Waals surface area contributed by atoms with Crippen LogP contribution in [0.1, 0.15) is 6.92 Å². The molecule has 2 aromatic rings. The number of nitrogens with two attached hydrogens (primary N) is 1. The van der Waals surface area contributed by atoms with E-state index in [1.807, 2.05) is 54.6 Å². The van der Waals surface area contributed by atoms with Gasteiger partial charge in [0.2, 0.25) is 5.91 Å². The molecule has 0 spiro atoms. The number of hydrogen-bond donors (Lipinski definition) is 2. The Balaban J connectivity index is 2.09. The second-order valence-electron chi connectivity index (χ2n) is 4.21. The van der Waals surface area contributed by atoms with Crippen LogP contribution in [0.5, 0.6) is 11.5 Å². The fraction of sp³-hybridized carbons (Fsp3) is 0.133. The molecule has 0 radical (unpaired) electrons. The maximum Gasteiger partial charge on any atom is 0.239 e. The monoisotopic (exact) mass is 256 g/mol. The number of ether oxygens (including phenoxy) is 1. The lowest BCUT2D eigenvalue weighted by atomic mass is 10.2. The molecular formula is C15H16N2O2. The maximum atomic E-state index is 11.0. The van der Waals surface area contributed by atoms with Crippen LogP contribution in [0.2, 0.25) is 0 Å². The highest BCUT2D eigenvalue weighted by Crippen LogP contribution is 2.24. The molecule has 1 amide bonds. The summed E-state index contributed by atoms with van der Waals surface area (Å²) in [7, 11) is 0. The Kier molecular flexibility index (Phi) is 4.03. The molecule has 0 heterocycles. The van der Waals surface area contributed by atoms with Crippen molar-refractivity contribution in [3.05, 3.63) is 54.6 Å². The van der Waals surface area contributed by atoms with Gasteiger partial charge in [0.25, 0.3) is 0 Å². The van der Waals surface area contributed by atoms with E-state index in [4.69, 9.17) is 10.5 Å². The summed E-state index contributed by atoms with van der Waals surface area (Å²) in [5.41, 5.74) is 6.00. The standard InChI is InChI=1S/C15H16N2O2/c1-11(15(16)18)17-12-6-5-9-14(10-12)19-13-7-3-2-4-8-13/h2-11,17H,1H3,(H2,16,18). The number of carbonyl (C=O) groups is 1. The van der Waals surface area contributed by atoms with Gasteiger partial charge in [0, 0.05) is 11.8 Å². The number of anilines is 1. The van der Waals surface area contributed by atoms with Crippen LogP contribution in [-0.2, 0) is 4.79 Å². The van der Waals surface area contributed by atoms with E-state index in [0.29, 0.717) is 5.75 Å². The van der Waals surface area contributed by atoms with Crippen LogP contribution in [-0.4, -0.2) is 11.9 Å². The van der Waals surface area contributed by atoms with E-state index in [1.165, 1.54) is 0 Å². The average molecular weight is 256 g/mol. The van der Waals surface area contributed by atoms with Crippen molar-refractivity contribution in [1.82, 2.24) is 0 Å². The predicted octanol–water partition coefficient (Wildman–Crippen LogP) is 2.76. The minimum absolute atomic E-state index is 0.394. The van der Waals surface area contributed by atoms with Crippen LogP contribution < -0.4 is 15.8 Å². The molecule has 3 N–H and O–H groups in total. The Morgan fingerprint density at radius 1 is 1.11 bits per heavy atom. The van der Waals surface area contributed by atoms with Gasteiger partial charge in [-0.15, -0.1) is 0 Å². The average Bonchev–Trinajstić information content (AvgIpc) is 2.40. The first kappa shape index (κ1) is 13.0. The highest BCUT2D eigenvalue weighted by molar-refractivity contribution is 5.82. The molecule has 0 saturated carbocycles. The van der Waals surface area contributed by atoms with Crippen molar-refractivity contribution < 1.29 is 9.53 Å². The van der Waals surface area contributed by atoms with Gasteiger partial charge in [-0.3, -0.25) is 4.79 Å². The van der Waals surface area contributed by atoms with Gasteiger partial charge < -0.3 is 15.8 Å². The lowest BCUT2D eigenvalue weighted by molar-refractivity contribution is -0.118. The second-order valence-corrected chi connectivity index (χ2v) is 4.21. The molecule has 2 rings (SSSR count). The maximum absolute atomic E-state index is 11.0. The number of carbonyl (C=O) groups excluding carboxylic acids is 1. The topological polar surface area (TPSA) is 64.3 Å². The molecular weight excluding hydrogens is 240 g/mol. The first-order chi connectivity index (χ1) is 9.15. The highest BCUT2D eigenvalue weighted by Gasteiger charge is 2.08. The third-order valence-electron chi connectivity index (χ3n) is 2.62. The Bertz CT molecular complexity index is 555. The molecule has 4 heteroatoms. The molecule has 1 unspecified atom stereocenters. The number of rotatable bonds is 5. The Morgan fingerprint density at radius 2 is 1.79 bits per heavy atom. The van der Waals surface area contributed by atoms with Crippen molar-refractivity contribution in [1.29, 1.82) is 0 Å². The van der Waals surface area contributed by atoms with Gasteiger partial charge in [0.15, 0.2) is 0 Å². The molecule has 0 aliphatic heterocycles. The van der Waals surface area contributed by atoms with Gasteiger partial charge in [-0.1, -0.05) is 24.3 Å². The van der Waals surface area contributed by atoms with Crippen molar-refractivity contribution in [2.24, 2.45) is 5.73 Å². The molecule has 0 aromatic heterocycles. The second kappa shape index (κ2) is 5.91. The molecule has 1 atom stereocenters. The zero-order valence-electron chi connectivity index (χ0n) is 10.7. The van der Waals surface area contributed by atoms with Crippen molar-refractivity contribution in [2.75, 3.05) is 5.32 Å². The Morgan fingerprint density at radius 3 is 2.47 bits per heavy atom. The normalized spacial score (nSPS) is 11.6. The largest absolute Gasteiger partial charge is 0.457 e. The molecule has 0 aliphatic carbocycles. The van der Waals surface area contributed by atoms with Crippen LogP contribution in [0, 0.1) is 0 Å². The van der Waals surface area contributed by atoms with Gasteiger partial charge in [-0.2, -0.15) is 0 Å². The molecule has 19 heavy (non-hydrogen) atoms. The molecule has 4 nitrogen and oxygen atoms in total. The first-order valence-electron chi connectivity index (χ1n) is 6.04. The van der Waals surface area contributed by atoms with E-state index >= 15 is 0 Å². The summed E-state index contributed by atoms with van der Waals surface area (Å²) in [6, 6.07) is 16.5. The van der Waals surface area contributed by atoms with Crippen molar-refractivity contribution in [3.8, 4) is 11.5 Å². The molecule has 2 aromatic carbocycles. The van der Waals surface area contributed by atoms with Crippen LogP contribution >= 0.6 is 0 Å². The summed E-state index contributed by atoms with van der Waals surface area (Å²) in [4.78, 5) is 11.0. The smallest absolute Gasteiger partial charge is 0.239 e. The molecule has 0 fully saturated rings. The number of para-hydroxylation sites is 1. The van der Waals surface area contributed by atoms with Crippen LogP contribution in [0.4, 0.5) is 5.69 Å². The van der Waals surface area contributed by atoms with E-state index < -0.39 is 11.9 Å². The molecule has 0 bridgehead atoms. The zero-order chi connectivity index (χ0) is 13.7. The Hall–Kier alpha value is -2.49. The van der Waals surface area contributed by atoms with Gasteiger partial charge in [-0.05, 0) is 31.2 Å². The summed E-state index contributed by atoms with van der Waals surface area (Å²) in [6.07, 6.45) is 0. The summed E-state index contributed by atoms with van der Waals surface area (Å²) in [6.45, 7) is 1.72. The summed E-state index contributed by atoms with van der Waals surface area (Å²) in [5.74, 6) is 1.07. The first-order valence-corrected chi connectivity index (χ1v) is 6.04. The van der Waals surface area contributed by atoms with Gasteiger partial charge in [-0.25, -0.2) is 0 Å². The molecule has 0 saturated heterocycles. The number of benzene rings is 2. The van der Waals surface area contributed by atoms with Crippen molar-refractivity contribution in [2.45, 2.75) is 13.0 Å². The molecule has 0 aliphatic rings. The number of nitrogens with one attached hydrogen (secondary N) is 1.